The van der Waals surface area contributed by atoms with Crippen molar-refractivity contribution in [2.75, 3.05) is 7.11 Å². The van der Waals surface area contributed by atoms with Crippen molar-refractivity contribution in [2.45, 2.75) is 6.10 Å². The molecular weight excluding hydrogens is 238 g/mol. The number of aromatic nitrogens is 1. The highest BCUT2D eigenvalue weighted by atomic mass is 35.5. The maximum atomic E-state index is 10.2. The van der Waals surface area contributed by atoms with Crippen LogP contribution < -0.4 is 4.74 Å². The van der Waals surface area contributed by atoms with Crippen LogP contribution in [0, 0.1) is 0 Å². The van der Waals surface area contributed by atoms with E-state index in [1.165, 1.54) is 0 Å². The molecule has 1 unspecified atom stereocenters. The molecule has 1 N–H and O–H groups in total. The van der Waals surface area contributed by atoms with Crippen molar-refractivity contribution < 1.29 is 9.84 Å². The van der Waals surface area contributed by atoms with Gasteiger partial charge in [-0.2, -0.15) is 0 Å². The minimum absolute atomic E-state index is 0.404. The van der Waals surface area contributed by atoms with Crippen molar-refractivity contribution in [2.24, 2.45) is 0 Å². The van der Waals surface area contributed by atoms with Crippen molar-refractivity contribution >= 4 is 11.6 Å². The van der Waals surface area contributed by atoms with E-state index in [9.17, 15) is 5.11 Å². The van der Waals surface area contributed by atoms with Gasteiger partial charge in [-0.15, -0.1) is 0 Å². The van der Waals surface area contributed by atoms with Gasteiger partial charge in [-0.25, -0.2) is 4.98 Å². The second-order valence-corrected chi connectivity index (χ2v) is 3.95. The van der Waals surface area contributed by atoms with Crippen LogP contribution in [-0.4, -0.2) is 17.2 Å². The van der Waals surface area contributed by atoms with Gasteiger partial charge in [0.15, 0.2) is 0 Å². The third-order valence-corrected chi connectivity index (χ3v) is 2.72. The van der Waals surface area contributed by atoms with E-state index in [2.05, 4.69) is 4.98 Å². The Morgan fingerprint density at radius 2 is 2.00 bits per heavy atom. The largest absolute Gasteiger partial charge is 0.496 e. The molecule has 0 aliphatic heterocycles. The topological polar surface area (TPSA) is 42.4 Å². The summed E-state index contributed by atoms with van der Waals surface area (Å²) >= 11 is 5.70. The first kappa shape index (κ1) is 11.9. The number of methoxy groups -OCH3 is 1. The minimum Gasteiger partial charge on any atom is -0.496 e. The molecule has 2 aromatic rings. The summed E-state index contributed by atoms with van der Waals surface area (Å²) in [5.74, 6) is 0.648. The first-order valence-corrected chi connectivity index (χ1v) is 5.52. The standard InChI is InChI=1S/C13H12ClNO2/c1-17-11-5-3-2-4-10(11)13(16)9-6-7-12(14)15-8-9/h2-8,13,16H,1H3. The first-order chi connectivity index (χ1) is 8.22. The van der Waals surface area contributed by atoms with Gasteiger partial charge in [0.2, 0.25) is 0 Å². The number of aliphatic hydroxyl groups excluding tert-OH is 1. The Hall–Kier alpha value is -1.58. The average Bonchev–Trinajstić information content (AvgIpc) is 2.39. The van der Waals surface area contributed by atoms with E-state index in [1.807, 2.05) is 24.3 Å². The third-order valence-electron chi connectivity index (χ3n) is 2.50. The number of aliphatic hydroxyl groups is 1. The fraction of sp³-hybridized carbons (Fsp3) is 0.154. The maximum Gasteiger partial charge on any atom is 0.129 e. The molecule has 0 saturated heterocycles. The van der Waals surface area contributed by atoms with Crippen LogP contribution in [0.15, 0.2) is 42.6 Å². The molecule has 0 aliphatic rings. The van der Waals surface area contributed by atoms with Crippen LogP contribution in [0.4, 0.5) is 0 Å². The highest BCUT2D eigenvalue weighted by Crippen LogP contribution is 2.29. The van der Waals surface area contributed by atoms with Gasteiger partial charge in [0.05, 0.1) is 7.11 Å². The molecule has 2 rings (SSSR count). The van der Waals surface area contributed by atoms with E-state index in [1.54, 1.807) is 25.4 Å². The number of halogens is 1. The number of para-hydroxylation sites is 1. The summed E-state index contributed by atoms with van der Waals surface area (Å²) in [6, 6.07) is 10.7. The lowest BCUT2D eigenvalue weighted by atomic mass is 10.0. The summed E-state index contributed by atoms with van der Waals surface area (Å²) in [5.41, 5.74) is 1.39. The monoisotopic (exact) mass is 249 g/mol. The average molecular weight is 250 g/mol. The van der Waals surface area contributed by atoms with Gasteiger partial charge < -0.3 is 9.84 Å². The quantitative estimate of drug-likeness (QED) is 0.851. The summed E-state index contributed by atoms with van der Waals surface area (Å²) in [6.07, 6.45) is 0.787. The molecular formula is C13H12ClNO2. The van der Waals surface area contributed by atoms with Gasteiger partial charge in [0, 0.05) is 17.3 Å². The molecule has 88 valence electrons. The maximum absolute atomic E-state index is 10.2. The van der Waals surface area contributed by atoms with E-state index in [0.717, 1.165) is 0 Å². The molecule has 0 amide bonds. The molecule has 0 bridgehead atoms. The highest BCUT2D eigenvalue weighted by molar-refractivity contribution is 6.29. The SMILES string of the molecule is COc1ccccc1C(O)c1ccc(Cl)nc1. The van der Waals surface area contributed by atoms with Gasteiger partial charge in [-0.05, 0) is 12.1 Å². The molecule has 1 aromatic carbocycles. The molecule has 0 radical (unpaired) electrons. The zero-order valence-corrected chi connectivity index (χ0v) is 10.1. The summed E-state index contributed by atoms with van der Waals surface area (Å²) in [6.45, 7) is 0. The lowest BCUT2D eigenvalue weighted by Gasteiger charge is -2.14. The molecule has 1 heterocycles. The van der Waals surface area contributed by atoms with Crippen LogP contribution in [0.25, 0.3) is 0 Å². The Bertz CT molecular complexity index is 499. The molecule has 1 aromatic heterocycles. The molecule has 1 atom stereocenters. The zero-order valence-electron chi connectivity index (χ0n) is 9.30. The third kappa shape index (κ3) is 2.57. The van der Waals surface area contributed by atoms with E-state index in [4.69, 9.17) is 16.3 Å². The van der Waals surface area contributed by atoms with E-state index < -0.39 is 6.10 Å². The fourth-order valence-electron chi connectivity index (χ4n) is 1.62. The van der Waals surface area contributed by atoms with Crippen LogP contribution in [-0.2, 0) is 0 Å². The number of rotatable bonds is 3. The summed E-state index contributed by atoms with van der Waals surface area (Å²) in [7, 11) is 1.58. The van der Waals surface area contributed by atoms with Crippen LogP contribution in [0.1, 0.15) is 17.2 Å². The Labute approximate surface area is 105 Å². The lowest BCUT2D eigenvalue weighted by molar-refractivity contribution is 0.214. The van der Waals surface area contributed by atoms with Gasteiger partial charge in [0.25, 0.3) is 0 Å². The number of hydrogen-bond donors (Lipinski definition) is 1. The fourth-order valence-corrected chi connectivity index (χ4v) is 1.73. The normalized spacial score (nSPS) is 12.2. The van der Waals surface area contributed by atoms with E-state index in [-0.39, 0.29) is 0 Å². The van der Waals surface area contributed by atoms with Crippen LogP contribution in [0.2, 0.25) is 5.15 Å². The highest BCUT2D eigenvalue weighted by Gasteiger charge is 2.14. The number of hydrogen-bond acceptors (Lipinski definition) is 3. The minimum atomic E-state index is -0.768. The Morgan fingerprint density at radius 3 is 2.65 bits per heavy atom. The molecule has 17 heavy (non-hydrogen) atoms. The molecule has 0 spiro atoms. The van der Waals surface area contributed by atoms with Crippen molar-refractivity contribution in [3.05, 3.63) is 58.9 Å². The van der Waals surface area contributed by atoms with Crippen LogP contribution in [0.5, 0.6) is 5.75 Å². The summed E-state index contributed by atoms with van der Waals surface area (Å²) in [5, 5.41) is 10.6. The number of benzene rings is 1. The zero-order chi connectivity index (χ0) is 12.3. The van der Waals surface area contributed by atoms with Crippen LogP contribution in [0.3, 0.4) is 0 Å². The van der Waals surface area contributed by atoms with Gasteiger partial charge in [0.1, 0.15) is 17.0 Å². The predicted octanol–water partition coefficient (Wildman–Crippen LogP) is 2.83. The smallest absolute Gasteiger partial charge is 0.129 e. The number of nitrogens with zero attached hydrogens (tertiary/aromatic N) is 1. The van der Waals surface area contributed by atoms with E-state index in [0.29, 0.717) is 22.0 Å². The van der Waals surface area contributed by atoms with E-state index >= 15 is 0 Å². The molecule has 0 fully saturated rings. The predicted molar refractivity (Wildman–Crippen MR) is 66.3 cm³/mol. The Kier molecular flexibility index (Phi) is 3.61. The van der Waals surface area contributed by atoms with Crippen molar-refractivity contribution in [1.82, 2.24) is 4.98 Å². The second-order valence-electron chi connectivity index (χ2n) is 3.56. The van der Waals surface area contributed by atoms with Gasteiger partial charge >= 0.3 is 0 Å². The first-order valence-electron chi connectivity index (χ1n) is 5.15. The van der Waals surface area contributed by atoms with Gasteiger partial charge in [-0.3, -0.25) is 0 Å². The molecule has 3 nitrogen and oxygen atoms in total. The Morgan fingerprint density at radius 1 is 1.24 bits per heavy atom. The summed E-state index contributed by atoms with van der Waals surface area (Å²) < 4.78 is 5.21. The van der Waals surface area contributed by atoms with Crippen molar-refractivity contribution in [1.29, 1.82) is 0 Å². The molecule has 4 heteroatoms. The van der Waals surface area contributed by atoms with Crippen molar-refractivity contribution in [3.63, 3.8) is 0 Å². The Balaban J connectivity index is 2.36. The lowest BCUT2D eigenvalue weighted by Crippen LogP contribution is -2.02. The molecule has 0 saturated carbocycles. The number of ether oxygens (including phenoxy) is 1. The number of pyridine rings is 1. The van der Waals surface area contributed by atoms with Crippen molar-refractivity contribution in [3.8, 4) is 5.75 Å². The van der Waals surface area contributed by atoms with Crippen LogP contribution >= 0.6 is 11.6 Å². The van der Waals surface area contributed by atoms with Gasteiger partial charge in [-0.1, -0.05) is 35.9 Å². The molecule has 0 aliphatic carbocycles. The second kappa shape index (κ2) is 5.17. The summed E-state index contributed by atoms with van der Waals surface area (Å²) in [4.78, 5) is 3.95.